The number of halogens is 1. The Morgan fingerprint density at radius 1 is 1.24 bits per heavy atom. The van der Waals surface area contributed by atoms with Crippen LogP contribution in [0.15, 0.2) is 16.6 Å². The van der Waals surface area contributed by atoms with Crippen molar-refractivity contribution in [3.05, 3.63) is 22.2 Å². The summed E-state index contributed by atoms with van der Waals surface area (Å²) in [6.45, 7) is 4.61. The third kappa shape index (κ3) is 4.93. The molecular weight excluding hydrogens is 340 g/mol. The van der Waals surface area contributed by atoms with Crippen molar-refractivity contribution < 1.29 is 19.1 Å². The lowest BCUT2D eigenvalue weighted by Crippen LogP contribution is -2.36. The van der Waals surface area contributed by atoms with Gasteiger partial charge in [-0.3, -0.25) is 9.59 Å². The van der Waals surface area contributed by atoms with Crippen molar-refractivity contribution in [2.24, 2.45) is 0 Å². The molecule has 0 fully saturated rings. The molecule has 2 amide bonds. The van der Waals surface area contributed by atoms with Gasteiger partial charge in [0.2, 0.25) is 5.91 Å². The lowest BCUT2D eigenvalue weighted by molar-refractivity contribution is -0.120. The summed E-state index contributed by atoms with van der Waals surface area (Å²) >= 11 is 3.35. The van der Waals surface area contributed by atoms with Crippen LogP contribution in [0.3, 0.4) is 0 Å². The molecule has 0 saturated carbocycles. The lowest BCUT2D eigenvalue weighted by Gasteiger charge is -2.13. The van der Waals surface area contributed by atoms with Crippen LogP contribution < -0.4 is 20.1 Å². The summed E-state index contributed by atoms with van der Waals surface area (Å²) in [5.74, 6) is 0.403. The van der Waals surface area contributed by atoms with Crippen molar-refractivity contribution in [3.8, 4) is 11.5 Å². The minimum atomic E-state index is -0.358. The molecule has 116 valence electrons. The average Bonchev–Trinajstić information content (AvgIpc) is 2.47. The Morgan fingerprint density at radius 2 is 1.95 bits per heavy atom. The van der Waals surface area contributed by atoms with Gasteiger partial charge >= 0.3 is 0 Å². The fraction of sp³-hybridized carbons (Fsp3) is 0.429. The molecule has 1 rings (SSSR count). The van der Waals surface area contributed by atoms with Crippen molar-refractivity contribution in [2.75, 3.05) is 26.8 Å². The number of methoxy groups -OCH3 is 1. The number of benzene rings is 1. The molecule has 7 heteroatoms. The SMILES string of the molecule is CCNC(=O)CNC(=O)c1cc(Br)c(OCC)c(OC)c1. The smallest absolute Gasteiger partial charge is 0.251 e. The molecule has 0 aliphatic heterocycles. The van der Waals surface area contributed by atoms with Gasteiger partial charge in [-0.15, -0.1) is 0 Å². The van der Waals surface area contributed by atoms with Gasteiger partial charge in [-0.05, 0) is 41.9 Å². The first-order valence-corrected chi connectivity index (χ1v) is 7.37. The van der Waals surface area contributed by atoms with E-state index in [1.54, 1.807) is 12.1 Å². The van der Waals surface area contributed by atoms with Crippen LogP contribution >= 0.6 is 15.9 Å². The first-order chi connectivity index (χ1) is 10.0. The lowest BCUT2D eigenvalue weighted by atomic mass is 10.2. The molecule has 0 aromatic heterocycles. The van der Waals surface area contributed by atoms with E-state index in [2.05, 4.69) is 26.6 Å². The van der Waals surface area contributed by atoms with Crippen LogP contribution in [0, 0.1) is 0 Å². The monoisotopic (exact) mass is 358 g/mol. The van der Waals surface area contributed by atoms with Crippen molar-refractivity contribution in [1.82, 2.24) is 10.6 Å². The Hall–Kier alpha value is -1.76. The van der Waals surface area contributed by atoms with E-state index in [9.17, 15) is 9.59 Å². The summed E-state index contributed by atoms with van der Waals surface area (Å²) in [5, 5.41) is 5.15. The number of carbonyl (C=O) groups is 2. The molecule has 0 aliphatic rings. The summed E-state index contributed by atoms with van der Waals surface area (Å²) in [7, 11) is 1.50. The van der Waals surface area contributed by atoms with Crippen LogP contribution in [0.2, 0.25) is 0 Å². The number of likely N-dealkylation sites (N-methyl/N-ethyl adjacent to an activating group) is 1. The first kappa shape index (κ1) is 17.3. The van der Waals surface area contributed by atoms with Gasteiger partial charge in [0, 0.05) is 12.1 Å². The van der Waals surface area contributed by atoms with Crippen molar-refractivity contribution in [1.29, 1.82) is 0 Å². The van der Waals surface area contributed by atoms with Crippen LogP contribution in [-0.4, -0.2) is 38.6 Å². The molecule has 0 atom stereocenters. The molecule has 0 bridgehead atoms. The maximum atomic E-state index is 12.0. The highest BCUT2D eigenvalue weighted by Crippen LogP contribution is 2.36. The van der Waals surface area contributed by atoms with Crippen LogP contribution in [0.5, 0.6) is 11.5 Å². The molecule has 0 radical (unpaired) electrons. The molecule has 0 heterocycles. The molecule has 1 aromatic carbocycles. The summed E-state index contributed by atoms with van der Waals surface area (Å²) in [6, 6.07) is 3.20. The quantitative estimate of drug-likeness (QED) is 0.777. The van der Waals surface area contributed by atoms with E-state index >= 15 is 0 Å². The van der Waals surface area contributed by atoms with Crippen LogP contribution in [0.4, 0.5) is 0 Å². The molecule has 2 N–H and O–H groups in total. The Kier molecular flexibility index (Phi) is 7.01. The van der Waals surface area contributed by atoms with Gasteiger partial charge in [-0.1, -0.05) is 0 Å². The standard InChI is InChI=1S/C14H19BrN2O4/c1-4-16-12(18)8-17-14(19)9-6-10(15)13(21-5-2)11(7-9)20-3/h6-7H,4-5,8H2,1-3H3,(H,16,18)(H,17,19). The molecule has 0 aliphatic carbocycles. The van der Waals surface area contributed by atoms with E-state index in [0.29, 0.717) is 34.7 Å². The van der Waals surface area contributed by atoms with Gasteiger partial charge in [-0.2, -0.15) is 0 Å². The van der Waals surface area contributed by atoms with E-state index in [4.69, 9.17) is 9.47 Å². The molecule has 1 aromatic rings. The highest BCUT2D eigenvalue weighted by Gasteiger charge is 2.15. The van der Waals surface area contributed by atoms with E-state index in [1.165, 1.54) is 7.11 Å². The Morgan fingerprint density at radius 3 is 2.52 bits per heavy atom. The summed E-state index contributed by atoms with van der Waals surface area (Å²) in [6.07, 6.45) is 0. The fourth-order valence-electron chi connectivity index (χ4n) is 1.66. The second-order valence-corrected chi connectivity index (χ2v) is 4.91. The Labute approximate surface area is 132 Å². The summed E-state index contributed by atoms with van der Waals surface area (Å²) < 4.78 is 11.3. The molecule has 0 saturated heterocycles. The van der Waals surface area contributed by atoms with E-state index in [1.807, 2.05) is 13.8 Å². The maximum absolute atomic E-state index is 12.0. The largest absolute Gasteiger partial charge is 0.493 e. The maximum Gasteiger partial charge on any atom is 0.251 e. The normalized spacial score (nSPS) is 9.90. The van der Waals surface area contributed by atoms with Crippen LogP contribution in [0.25, 0.3) is 0 Å². The third-order valence-corrected chi connectivity index (χ3v) is 3.15. The van der Waals surface area contributed by atoms with Crippen LogP contribution in [-0.2, 0) is 4.79 Å². The van der Waals surface area contributed by atoms with Gasteiger partial charge < -0.3 is 20.1 Å². The fourth-order valence-corrected chi connectivity index (χ4v) is 2.21. The zero-order valence-corrected chi connectivity index (χ0v) is 13.9. The molecule has 0 spiro atoms. The minimum Gasteiger partial charge on any atom is -0.493 e. The van der Waals surface area contributed by atoms with E-state index < -0.39 is 0 Å². The highest BCUT2D eigenvalue weighted by atomic mass is 79.9. The number of rotatable bonds is 7. The van der Waals surface area contributed by atoms with E-state index in [-0.39, 0.29) is 18.4 Å². The Balaban J connectivity index is 2.85. The second-order valence-electron chi connectivity index (χ2n) is 4.06. The second kappa shape index (κ2) is 8.51. The number of hydrogen-bond acceptors (Lipinski definition) is 4. The van der Waals surface area contributed by atoms with Crippen molar-refractivity contribution in [2.45, 2.75) is 13.8 Å². The molecule has 0 unspecified atom stereocenters. The first-order valence-electron chi connectivity index (χ1n) is 6.58. The zero-order chi connectivity index (χ0) is 15.8. The summed E-state index contributed by atoms with van der Waals surface area (Å²) in [4.78, 5) is 23.4. The van der Waals surface area contributed by atoms with Gasteiger partial charge in [0.15, 0.2) is 11.5 Å². The van der Waals surface area contributed by atoms with Gasteiger partial charge in [0.1, 0.15) is 0 Å². The van der Waals surface area contributed by atoms with Gasteiger partial charge in [0.25, 0.3) is 5.91 Å². The highest BCUT2D eigenvalue weighted by molar-refractivity contribution is 9.10. The van der Waals surface area contributed by atoms with Crippen molar-refractivity contribution in [3.63, 3.8) is 0 Å². The van der Waals surface area contributed by atoms with Gasteiger partial charge in [-0.25, -0.2) is 0 Å². The summed E-state index contributed by atoms with van der Waals surface area (Å²) in [5.41, 5.74) is 0.381. The number of ether oxygens (including phenoxy) is 2. The zero-order valence-electron chi connectivity index (χ0n) is 12.3. The number of amides is 2. The average molecular weight is 359 g/mol. The number of nitrogens with one attached hydrogen (secondary N) is 2. The molecule has 21 heavy (non-hydrogen) atoms. The minimum absolute atomic E-state index is 0.0696. The number of hydrogen-bond donors (Lipinski definition) is 2. The van der Waals surface area contributed by atoms with Gasteiger partial charge in [0.05, 0.1) is 24.7 Å². The van der Waals surface area contributed by atoms with E-state index in [0.717, 1.165) is 0 Å². The molecule has 6 nitrogen and oxygen atoms in total. The van der Waals surface area contributed by atoms with Crippen molar-refractivity contribution >= 4 is 27.7 Å². The predicted octanol–water partition coefficient (Wildman–Crippen LogP) is 1.72. The van der Waals surface area contributed by atoms with Crippen LogP contribution in [0.1, 0.15) is 24.2 Å². The molecular formula is C14H19BrN2O4. The number of carbonyl (C=O) groups excluding carboxylic acids is 2. The Bertz CT molecular complexity index is 520. The third-order valence-electron chi connectivity index (χ3n) is 2.56. The predicted molar refractivity (Wildman–Crippen MR) is 82.9 cm³/mol. The topological polar surface area (TPSA) is 76.7 Å².